The number of ether oxygens (including phenoxy) is 1. The summed E-state index contributed by atoms with van der Waals surface area (Å²) in [6.07, 6.45) is 22.8. The van der Waals surface area contributed by atoms with Crippen molar-refractivity contribution in [1.29, 1.82) is 0 Å². The Kier molecular flexibility index (Phi) is 15.4. The summed E-state index contributed by atoms with van der Waals surface area (Å²) in [5.74, 6) is -0.0938. The highest BCUT2D eigenvalue weighted by Crippen LogP contribution is 2.11. The van der Waals surface area contributed by atoms with E-state index in [1.54, 1.807) is 0 Å². The lowest BCUT2D eigenvalue weighted by atomic mass is 10.1. The van der Waals surface area contributed by atoms with Crippen LogP contribution < -0.4 is 0 Å². The SMILES string of the molecule is CC/C=C\[C@H](/C=C\C/C=C\CCCCCCC[14C](=O)OC)O[Si](C)(C)C. The number of esters is 1. The Labute approximate surface area is 162 Å². The zero-order chi connectivity index (χ0) is 19.7. The normalized spacial score (nSPS) is 13.9. The smallest absolute Gasteiger partial charge is 0.305 e. The summed E-state index contributed by atoms with van der Waals surface area (Å²) < 4.78 is 10.8. The van der Waals surface area contributed by atoms with Gasteiger partial charge in [-0.1, -0.05) is 62.6 Å². The van der Waals surface area contributed by atoms with Crippen molar-refractivity contribution >= 4 is 14.3 Å². The van der Waals surface area contributed by atoms with Crippen molar-refractivity contribution in [1.82, 2.24) is 0 Å². The Balaban J connectivity index is 3.81. The summed E-state index contributed by atoms with van der Waals surface area (Å²) in [5.41, 5.74) is 0. The maximum absolute atomic E-state index is 11.0. The number of allylic oxidation sites excluding steroid dienone is 4. The number of rotatable bonds is 15. The average Bonchev–Trinajstić information content (AvgIpc) is 2.58. The molecule has 3 nitrogen and oxygen atoms in total. The molecule has 0 N–H and O–H groups in total. The third-order valence-corrected chi connectivity index (χ3v) is 4.77. The molecule has 0 spiro atoms. The molecule has 0 saturated carbocycles. The van der Waals surface area contributed by atoms with Crippen LogP contribution in [0.2, 0.25) is 19.6 Å². The number of hydrogen-bond acceptors (Lipinski definition) is 3. The van der Waals surface area contributed by atoms with Crippen LogP contribution in [0.4, 0.5) is 0 Å². The molecule has 0 saturated heterocycles. The van der Waals surface area contributed by atoms with Gasteiger partial charge in [-0.25, -0.2) is 0 Å². The molecule has 0 amide bonds. The number of carbonyl (C=O) groups excluding carboxylic acids is 1. The van der Waals surface area contributed by atoms with Crippen molar-refractivity contribution in [3.63, 3.8) is 0 Å². The van der Waals surface area contributed by atoms with E-state index in [2.05, 4.69) is 67.8 Å². The van der Waals surface area contributed by atoms with Gasteiger partial charge < -0.3 is 9.16 Å². The molecule has 4 heteroatoms. The number of hydrogen-bond donors (Lipinski definition) is 0. The minimum atomic E-state index is -1.53. The van der Waals surface area contributed by atoms with E-state index in [1.165, 1.54) is 26.4 Å². The van der Waals surface area contributed by atoms with Gasteiger partial charge in [-0.2, -0.15) is 0 Å². The Morgan fingerprint density at radius 3 is 2.23 bits per heavy atom. The summed E-state index contributed by atoms with van der Waals surface area (Å²) in [7, 11) is -0.0756. The third-order valence-electron chi connectivity index (χ3n) is 3.80. The van der Waals surface area contributed by atoms with E-state index >= 15 is 0 Å². The maximum atomic E-state index is 11.0. The second-order valence-corrected chi connectivity index (χ2v) is 12.0. The molecule has 0 aromatic carbocycles. The molecule has 0 fully saturated rings. The largest absolute Gasteiger partial charge is 0.469 e. The monoisotopic (exact) mass is 382 g/mol. The Morgan fingerprint density at radius 1 is 0.923 bits per heavy atom. The first kappa shape index (κ1) is 24.9. The molecule has 0 radical (unpaired) electrons. The molecule has 0 aliphatic carbocycles. The van der Waals surface area contributed by atoms with Gasteiger partial charge in [0.05, 0.1) is 13.2 Å². The van der Waals surface area contributed by atoms with E-state index in [0.717, 1.165) is 32.1 Å². The minimum Gasteiger partial charge on any atom is -0.469 e. The van der Waals surface area contributed by atoms with E-state index in [9.17, 15) is 4.79 Å². The first-order chi connectivity index (χ1) is 12.4. The van der Waals surface area contributed by atoms with E-state index in [4.69, 9.17) is 4.43 Å². The maximum Gasteiger partial charge on any atom is 0.305 e. The average molecular weight is 383 g/mol. The summed E-state index contributed by atoms with van der Waals surface area (Å²) in [5, 5.41) is 0. The molecule has 0 aliphatic heterocycles. The Morgan fingerprint density at radius 2 is 1.58 bits per heavy atom. The predicted octanol–water partition coefficient (Wildman–Crippen LogP) is 6.58. The molecular weight excluding hydrogens is 342 g/mol. The highest BCUT2D eigenvalue weighted by Gasteiger charge is 2.17. The summed E-state index contributed by atoms with van der Waals surface area (Å²) in [6, 6.07) is 0. The van der Waals surface area contributed by atoms with Gasteiger partial charge in [-0.3, -0.25) is 4.79 Å². The zero-order valence-corrected chi connectivity index (χ0v) is 18.6. The highest BCUT2D eigenvalue weighted by molar-refractivity contribution is 6.69. The van der Waals surface area contributed by atoms with Gasteiger partial charge in [0, 0.05) is 6.42 Å². The second-order valence-electron chi connectivity index (χ2n) is 7.55. The summed E-state index contributed by atoms with van der Waals surface area (Å²) >= 11 is 0. The number of methoxy groups -OCH3 is 1. The molecule has 26 heavy (non-hydrogen) atoms. The van der Waals surface area contributed by atoms with Crippen molar-refractivity contribution in [2.24, 2.45) is 0 Å². The minimum absolute atomic E-state index is 0.0938. The molecule has 0 rings (SSSR count). The Hall–Kier alpha value is -1.13. The van der Waals surface area contributed by atoms with Crippen LogP contribution in [0.3, 0.4) is 0 Å². The topological polar surface area (TPSA) is 35.5 Å². The fourth-order valence-electron chi connectivity index (χ4n) is 2.49. The van der Waals surface area contributed by atoms with E-state index in [1.807, 2.05) is 0 Å². The lowest BCUT2D eigenvalue weighted by molar-refractivity contribution is -0.140. The zero-order valence-electron chi connectivity index (χ0n) is 17.6. The first-order valence-electron chi connectivity index (χ1n) is 10.1. The van der Waals surface area contributed by atoms with Crippen LogP contribution in [0.15, 0.2) is 36.5 Å². The quantitative estimate of drug-likeness (QED) is 0.139. The van der Waals surface area contributed by atoms with Gasteiger partial charge in [0.15, 0.2) is 8.32 Å². The fourth-order valence-corrected chi connectivity index (χ4v) is 3.46. The van der Waals surface area contributed by atoms with Gasteiger partial charge in [0.25, 0.3) is 0 Å². The molecule has 0 aromatic heterocycles. The molecule has 0 aliphatic rings. The van der Waals surface area contributed by atoms with Crippen LogP contribution in [0.25, 0.3) is 0 Å². The van der Waals surface area contributed by atoms with Crippen LogP contribution in [-0.2, 0) is 14.0 Å². The predicted molar refractivity (Wildman–Crippen MR) is 115 cm³/mol. The number of carbonyl (C=O) groups is 1. The van der Waals surface area contributed by atoms with Gasteiger partial charge >= 0.3 is 5.97 Å². The van der Waals surface area contributed by atoms with Gasteiger partial charge in [0.2, 0.25) is 0 Å². The lowest BCUT2D eigenvalue weighted by Gasteiger charge is -2.22. The van der Waals surface area contributed by atoms with Crippen molar-refractivity contribution in [2.45, 2.75) is 90.5 Å². The standard InChI is InChI=1S/C22H40O3Si/c1-6-7-18-21(25-26(3,4)5)19-16-14-12-10-8-9-11-13-15-17-20-22(23)24-2/h7,10,12,16,18-19,21H,6,8-9,11,13-15,17,20H2,1-5H3/b12-10-,18-7-,19-16-/t21-/m1/s1/i22+2. The number of unbranched alkanes of at least 4 members (excludes halogenated alkanes) is 5. The molecular formula is C22H40O3Si. The first-order valence-corrected chi connectivity index (χ1v) is 13.5. The van der Waals surface area contributed by atoms with E-state index < -0.39 is 8.32 Å². The molecule has 0 heterocycles. The van der Waals surface area contributed by atoms with Crippen LogP contribution in [0.1, 0.15) is 64.7 Å². The van der Waals surface area contributed by atoms with E-state index in [-0.39, 0.29) is 12.1 Å². The van der Waals surface area contributed by atoms with E-state index in [0.29, 0.717) is 6.42 Å². The van der Waals surface area contributed by atoms with Crippen LogP contribution in [0.5, 0.6) is 0 Å². The molecule has 1 atom stereocenters. The van der Waals surface area contributed by atoms with Gasteiger partial charge in [0.1, 0.15) is 0 Å². The van der Waals surface area contributed by atoms with Gasteiger partial charge in [-0.15, -0.1) is 0 Å². The summed E-state index contributed by atoms with van der Waals surface area (Å²) in [6.45, 7) is 8.82. The van der Waals surface area contributed by atoms with Crippen molar-refractivity contribution < 1.29 is 14.0 Å². The van der Waals surface area contributed by atoms with Crippen LogP contribution in [0, 0.1) is 0 Å². The van der Waals surface area contributed by atoms with Gasteiger partial charge in [-0.05, 0) is 51.7 Å². The molecule has 0 unspecified atom stereocenters. The van der Waals surface area contributed by atoms with Crippen molar-refractivity contribution in [3.05, 3.63) is 36.5 Å². The lowest BCUT2D eigenvalue weighted by Crippen LogP contribution is -2.30. The fraction of sp³-hybridized carbons (Fsp3) is 0.682. The highest BCUT2D eigenvalue weighted by atomic mass is 28.4. The third kappa shape index (κ3) is 17.7. The molecule has 0 bridgehead atoms. The van der Waals surface area contributed by atoms with Crippen LogP contribution in [-0.4, -0.2) is 27.5 Å². The van der Waals surface area contributed by atoms with Crippen molar-refractivity contribution in [3.8, 4) is 0 Å². The van der Waals surface area contributed by atoms with Crippen molar-refractivity contribution in [2.75, 3.05) is 7.11 Å². The Bertz CT molecular complexity index is 433. The molecule has 0 aromatic rings. The van der Waals surface area contributed by atoms with Crippen LogP contribution >= 0.6 is 0 Å². The molecule has 150 valence electrons. The summed E-state index contributed by atoms with van der Waals surface area (Å²) in [4.78, 5) is 11.0. The second kappa shape index (κ2) is 16.1.